The Bertz CT molecular complexity index is 736. The van der Waals surface area contributed by atoms with Gasteiger partial charge in [0.05, 0.1) is 6.04 Å². The Morgan fingerprint density at radius 1 is 1.14 bits per heavy atom. The molecule has 1 aromatic carbocycles. The zero-order valence-electron chi connectivity index (χ0n) is 17.4. The van der Waals surface area contributed by atoms with Crippen LogP contribution in [0.3, 0.4) is 0 Å². The molecule has 1 fully saturated rings. The minimum absolute atomic E-state index is 0.00782. The van der Waals surface area contributed by atoms with Crippen molar-refractivity contribution in [3.05, 3.63) is 52.2 Å². The molecular weight excluding hydrogens is 368 g/mol. The van der Waals surface area contributed by atoms with Crippen LogP contribution < -0.4 is 10.2 Å². The first-order valence-electron chi connectivity index (χ1n) is 10.1. The van der Waals surface area contributed by atoms with Crippen LogP contribution in [0.4, 0.5) is 5.69 Å². The summed E-state index contributed by atoms with van der Waals surface area (Å²) in [4.78, 5) is 21.2. The van der Waals surface area contributed by atoms with Crippen LogP contribution in [0.2, 0.25) is 0 Å². The summed E-state index contributed by atoms with van der Waals surface area (Å²) in [7, 11) is 4.00. The van der Waals surface area contributed by atoms with Crippen LogP contribution in [0.5, 0.6) is 0 Å². The third-order valence-electron chi connectivity index (χ3n) is 5.56. The van der Waals surface area contributed by atoms with Crippen molar-refractivity contribution in [2.24, 2.45) is 0 Å². The number of rotatable bonds is 7. The van der Waals surface area contributed by atoms with Gasteiger partial charge < -0.3 is 15.1 Å². The third kappa shape index (κ3) is 4.93. The van der Waals surface area contributed by atoms with Crippen LogP contribution in [0.15, 0.2) is 41.8 Å². The molecule has 2 aromatic rings. The van der Waals surface area contributed by atoms with Gasteiger partial charge in [0.15, 0.2) is 0 Å². The van der Waals surface area contributed by atoms with Gasteiger partial charge in [-0.05, 0) is 49.2 Å². The molecule has 2 heterocycles. The maximum Gasteiger partial charge on any atom is 0.251 e. The zero-order chi connectivity index (χ0) is 20.1. The molecule has 1 aromatic heterocycles. The number of amides is 1. The second-order valence-corrected chi connectivity index (χ2v) is 8.61. The number of thiophene rings is 1. The quantitative estimate of drug-likeness (QED) is 0.774. The first kappa shape index (κ1) is 20.8. The Hall–Kier alpha value is -1.89. The number of hydrogen-bond acceptors (Lipinski definition) is 5. The average Bonchev–Trinajstić information content (AvgIpc) is 3.23. The molecule has 0 spiro atoms. The second-order valence-electron chi connectivity index (χ2n) is 7.63. The van der Waals surface area contributed by atoms with Crippen LogP contribution in [-0.2, 0) is 0 Å². The zero-order valence-corrected chi connectivity index (χ0v) is 18.2. The Morgan fingerprint density at radius 3 is 2.36 bits per heavy atom. The normalized spacial score (nSPS) is 17.9. The van der Waals surface area contributed by atoms with E-state index in [1.54, 1.807) is 11.3 Å². The van der Waals surface area contributed by atoms with E-state index in [1.807, 2.05) is 43.3 Å². The lowest BCUT2D eigenvalue weighted by molar-refractivity contribution is 0.0753. The van der Waals surface area contributed by atoms with Crippen molar-refractivity contribution >= 4 is 22.9 Å². The van der Waals surface area contributed by atoms with Gasteiger partial charge in [0.1, 0.15) is 0 Å². The van der Waals surface area contributed by atoms with Crippen molar-refractivity contribution < 1.29 is 4.79 Å². The first-order chi connectivity index (χ1) is 13.5. The van der Waals surface area contributed by atoms with Crippen LogP contribution in [-0.4, -0.2) is 68.6 Å². The summed E-state index contributed by atoms with van der Waals surface area (Å²) >= 11 is 1.78. The van der Waals surface area contributed by atoms with E-state index in [0.29, 0.717) is 5.56 Å². The molecule has 0 bridgehead atoms. The van der Waals surface area contributed by atoms with Crippen molar-refractivity contribution in [1.82, 2.24) is 15.1 Å². The van der Waals surface area contributed by atoms with Crippen molar-refractivity contribution in [2.75, 3.05) is 51.7 Å². The number of hydrogen-bond donors (Lipinski definition) is 1. The summed E-state index contributed by atoms with van der Waals surface area (Å²) in [5, 5.41) is 5.38. The molecule has 1 N–H and O–H groups in total. The Kier molecular flexibility index (Phi) is 7.10. The largest absolute Gasteiger partial charge is 0.378 e. The molecule has 1 aliphatic rings. The Morgan fingerprint density at radius 2 is 1.82 bits per heavy atom. The molecule has 6 heteroatoms. The third-order valence-corrected chi connectivity index (χ3v) is 6.50. The van der Waals surface area contributed by atoms with Crippen molar-refractivity contribution in [2.45, 2.75) is 25.9 Å². The highest BCUT2D eigenvalue weighted by molar-refractivity contribution is 7.10. The summed E-state index contributed by atoms with van der Waals surface area (Å²) in [6.07, 6.45) is 0. The predicted molar refractivity (Wildman–Crippen MR) is 118 cm³/mol. The average molecular weight is 401 g/mol. The van der Waals surface area contributed by atoms with Gasteiger partial charge in [-0.2, -0.15) is 0 Å². The van der Waals surface area contributed by atoms with Crippen LogP contribution in [0.1, 0.15) is 35.1 Å². The van der Waals surface area contributed by atoms with Gasteiger partial charge in [-0.15, -0.1) is 11.3 Å². The van der Waals surface area contributed by atoms with E-state index >= 15 is 0 Å². The monoisotopic (exact) mass is 400 g/mol. The second kappa shape index (κ2) is 9.54. The predicted octanol–water partition coefficient (Wildman–Crippen LogP) is 3.31. The molecule has 1 aliphatic heterocycles. The summed E-state index contributed by atoms with van der Waals surface area (Å²) in [5.74, 6) is -0.00782. The molecule has 0 saturated carbocycles. The van der Waals surface area contributed by atoms with Gasteiger partial charge in [0.25, 0.3) is 5.91 Å². The van der Waals surface area contributed by atoms with Gasteiger partial charge >= 0.3 is 0 Å². The maximum absolute atomic E-state index is 12.8. The van der Waals surface area contributed by atoms with Crippen molar-refractivity contribution in [3.63, 3.8) is 0 Å². The molecule has 2 unspecified atom stereocenters. The molecule has 1 saturated heterocycles. The molecule has 5 nitrogen and oxygen atoms in total. The summed E-state index contributed by atoms with van der Waals surface area (Å²) < 4.78 is 0. The lowest BCUT2D eigenvalue weighted by atomic mass is 10.0. The van der Waals surface area contributed by atoms with E-state index in [2.05, 4.69) is 46.5 Å². The molecular formula is C22H32N4OS. The number of anilines is 1. The van der Waals surface area contributed by atoms with Crippen molar-refractivity contribution in [1.29, 1.82) is 0 Å². The molecule has 0 radical (unpaired) electrons. The number of carbonyl (C=O) groups excluding carboxylic acids is 1. The maximum atomic E-state index is 12.8. The SMILES string of the molecule is CCN1CCN(C(c2cccs2)C(C)NC(=O)c2ccc(N(C)C)cc2)CC1. The highest BCUT2D eigenvalue weighted by atomic mass is 32.1. The lowest BCUT2D eigenvalue weighted by Gasteiger charge is -2.41. The minimum Gasteiger partial charge on any atom is -0.378 e. The van der Waals surface area contributed by atoms with Crippen LogP contribution in [0.25, 0.3) is 0 Å². The van der Waals surface area contributed by atoms with E-state index in [0.717, 1.165) is 38.4 Å². The number of piperazine rings is 1. The van der Waals surface area contributed by atoms with Gasteiger partial charge in [0, 0.05) is 62.4 Å². The van der Waals surface area contributed by atoms with E-state index in [9.17, 15) is 4.79 Å². The topological polar surface area (TPSA) is 38.8 Å². The van der Waals surface area contributed by atoms with Crippen LogP contribution in [0, 0.1) is 0 Å². The molecule has 3 rings (SSSR count). The summed E-state index contributed by atoms with van der Waals surface area (Å²) in [6.45, 7) is 9.70. The molecule has 28 heavy (non-hydrogen) atoms. The minimum atomic E-state index is -0.00782. The number of likely N-dealkylation sites (N-methyl/N-ethyl adjacent to an activating group) is 1. The Labute approximate surface area is 172 Å². The smallest absolute Gasteiger partial charge is 0.251 e. The van der Waals surface area contributed by atoms with E-state index in [-0.39, 0.29) is 18.0 Å². The van der Waals surface area contributed by atoms with Gasteiger partial charge in [0.2, 0.25) is 0 Å². The van der Waals surface area contributed by atoms with E-state index in [4.69, 9.17) is 0 Å². The van der Waals surface area contributed by atoms with Crippen LogP contribution >= 0.6 is 11.3 Å². The van der Waals surface area contributed by atoms with Gasteiger partial charge in [-0.25, -0.2) is 0 Å². The molecule has 152 valence electrons. The van der Waals surface area contributed by atoms with Gasteiger partial charge in [-0.1, -0.05) is 13.0 Å². The van der Waals surface area contributed by atoms with Gasteiger partial charge in [-0.3, -0.25) is 9.69 Å². The number of carbonyl (C=O) groups is 1. The van der Waals surface area contributed by atoms with E-state index in [1.165, 1.54) is 4.88 Å². The van der Waals surface area contributed by atoms with E-state index < -0.39 is 0 Å². The molecule has 1 amide bonds. The summed E-state index contributed by atoms with van der Waals surface area (Å²) in [5.41, 5.74) is 1.80. The molecule has 0 aliphatic carbocycles. The fourth-order valence-corrected chi connectivity index (χ4v) is 4.80. The standard InChI is InChI=1S/C22H32N4OS/c1-5-25-12-14-26(15-13-25)21(20-7-6-16-28-20)17(2)23-22(27)18-8-10-19(11-9-18)24(3)4/h6-11,16-17,21H,5,12-15H2,1-4H3,(H,23,27). The number of nitrogens with one attached hydrogen (secondary N) is 1. The summed E-state index contributed by atoms with van der Waals surface area (Å²) in [6, 6.07) is 12.3. The Balaban J connectivity index is 1.70. The first-order valence-corrected chi connectivity index (χ1v) is 11.0. The highest BCUT2D eigenvalue weighted by Crippen LogP contribution is 2.29. The number of benzene rings is 1. The fourth-order valence-electron chi connectivity index (χ4n) is 3.84. The molecule has 2 atom stereocenters. The fraction of sp³-hybridized carbons (Fsp3) is 0.500. The van der Waals surface area contributed by atoms with Crippen molar-refractivity contribution in [3.8, 4) is 0 Å². The lowest BCUT2D eigenvalue weighted by Crippen LogP contribution is -2.52. The highest BCUT2D eigenvalue weighted by Gasteiger charge is 2.30. The number of nitrogens with zero attached hydrogens (tertiary/aromatic N) is 3.